The number of esters is 1. The average molecular weight is 479 g/mol. The summed E-state index contributed by atoms with van der Waals surface area (Å²) in [6, 6.07) is -0.292. The minimum absolute atomic E-state index is 0.289. The minimum Gasteiger partial charge on any atom is -0.458 e. The molecule has 0 saturated carbocycles. The van der Waals surface area contributed by atoms with Crippen LogP contribution in [0, 0.1) is 18.3 Å². The molecule has 0 saturated heterocycles. The van der Waals surface area contributed by atoms with Crippen molar-refractivity contribution < 1.29 is 24.5 Å². The highest BCUT2D eigenvalue weighted by Gasteiger charge is 2.42. The van der Waals surface area contributed by atoms with Gasteiger partial charge in [-0.25, -0.2) is 4.98 Å². The van der Waals surface area contributed by atoms with Gasteiger partial charge in [0.25, 0.3) is 0 Å². The lowest BCUT2D eigenvalue weighted by Gasteiger charge is -2.34. The Labute approximate surface area is 201 Å². The molecule has 33 heavy (non-hydrogen) atoms. The number of hydrogen-bond acceptors (Lipinski definition) is 8. The van der Waals surface area contributed by atoms with Gasteiger partial charge in [-0.1, -0.05) is 32.4 Å². The van der Waals surface area contributed by atoms with Crippen LogP contribution in [0.2, 0.25) is 0 Å². The molecule has 0 bridgehead atoms. The Bertz CT molecular complexity index is 876. The van der Waals surface area contributed by atoms with Crippen LogP contribution in [-0.2, 0) is 14.3 Å². The standard InChI is InChI=1S/C25H38N2O5S/c1-15-7-9-20(10-8-19-14-33-18(4)27-19)32-22(29)13-21(28)25(5,6)24(31)16(2)23(30)17(3)26-12-11-15/h7-8,10,14,16-17,20-21,23,26,28,30H,9,11-13H2,1-6H3/b10-8+,15-7-/t16-,17+,20?,21-,23+/m0/s1. The van der Waals surface area contributed by atoms with Gasteiger partial charge in [-0.2, -0.15) is 0 Å². The smallest absolute Gasteiger partial charge is 0.309 e. The fourth-order valence-electron chi connectivity index (χ4n) is 3.83. The van der Waals surface area contributed by atoms with E-state index in [9.17, 15) is 19.8 Å². The molecule has 7 nitrogen and oxygen atoms in total. The number of nitrogens with zero attached hydrogens (tertiary/aromatic N) is 1. The van der Waals surface area contributed by atoms with Gasteiger partial charge in [0.2, 0.25) is 0 Å². The van der Waals surface area contributed by atoms with Crippen LogP contribution < -0.4 is 5.32 Å². The second kappa shape index (κ2) is 12.0. The van der Waals surface area contributed by atoms with E-state index >= 15 is 0 Å². The first-order valence-corrected chi connectivity index (χ1v) is 12.4. The summed E-state index contributed by atoms with van der Waals surface area (Å²) in [7, 11) is 0. The zero-order valence-electron chi connectivity index (χ0n) is 20.5. The van der Waals surface area contributed by atoms with Gasteiger partial charge < -0.3 is 20.3 Å². The molecule has 3 N–H and O–H groups in total. The Morgan fingerprint density at radius 2 is 1.94 bits per heavy atom. The molecule has 0 fully saturated rings. The highest BCUT2D eigenvalue weighted by atomic mass is 32.1. The van der Waals surface area contributed by atoms with Crippen molar-refractivity contribution in [3.05, 3.63) is 33.8 Å². The molecule has 0 spiro atoms. The molecular formula is C25H38N2O5S. The van der Waals surface area contributed by atoms with E-state index < -0.39 is 35.6 Å². The fourth-order valence-corrected chi connectivity index (χ4v) is 4.42. The SMILES string of the molecule is C/C1=C/CC(/C=C/c2csc(C)n2)OC(=O)C[C@H](O)C(C)(C)C(=O)[C@@H](C)[C@@H](O)[C@@H](C)NCC1. The van der Waals surface area contributed by atoms with Crippen LogP contribution in [-0.4, -0.2) is 57.8 Å². The van der Waals surface area contributed by atoms with Crippen molar-refractivity contribution in [2.75, 3.05) is 6.54 Å². The zero-order valence-corrected chi connectivity index (χ0v) is 21.3. The van der Waals surface area contributed by atoms with E-state index in [1.165, 1.54) is 0 Å². The van der Waals surface area contributed by atoms with Gasteiger partial charge in [0.15, 0.2) is 0 Å². The summed E-state index contributed by atoms with van der Waals surface area (Å²) in [4.78, 5) is 30.2. The van der Waals surface area contributed by atoms with Crippen LogP contribution in [0.1, 0.15) is 64.6 Å². The number of thiazole rings is 1. The van der Waals surface area contributed by atoms with Crippen LogP contribution in [0.15, 0.2) is 23.1 Å². The van der Waals surface area contributed by atoms with Crippen molar-refractivity contribution >= 4 is 29.2 Å². The van der Waals surface area contributed by atoms with Crippen LogP contribution in [0.3, 0.4) is 0 Å². The summed E-state index contributed by atoms with van der Waals surface area (Å²) in [6.45, 7) is 11.3. The summed E-state index contributed by atoms with van der Waals surface area (Å²) < 4.78 is 5.66. The predicted octanol–water partition coefficient (Wildman–Crippen LogP) is 3.44. The Morgan fingerprint density at radius 3 is 2.58 bits per heavy atom. The molecule has 1 aromatic heterocycles. The van der Waals surface area contributed by atoms with Crippen molar-refractivity contribution in [3.8, 4) is 0 Å². The average Bonchev–Trinajstić information content (AvgIpc) is 3.18. The highest BCUT2D eigenvalue weighted by Crippen LogP contribution is 2.30. The maximum Gasteiger partial charge on any atom is 0.309 e. The first-order valence-electron chi connectivity index (χ1n) is 11.5. The first-order chi connectivity index (χ1) is 15.4. The van der Waals surface area contributed by atoms with Crippen molar-refractivity contribution in [1.82, 2.24) is 10.3 Å². The van der Waals surface area contributed by atoms with Crippen LogP contribution in [0.25, 0.3) is 6.08 Å². The lowest BCUT2D eigenvalue weighted by atomic mass is 9.74. The Hall–Kier alpha value is -1.87. The molecule has 0 radical (unpaired) electrons. The number of ether oxygens (including phenoxy) is 1. The van der Waals surface area contributed by atoms with E-state index in [1.807, 2.05) is 38.3 Å². The lowest BCUT2D eigenvalue weighted by Crippen LogP contribution is -2.49. The molecule has 1 aliphatic rings. The van der Waals surface area contributed by atoms with E-state index in [0.717, 1.165) is 22.7 Å². The van der Waals surface area contributed by atoms with Gasteiger partial charge in [-0.3, -0.25) is 9.59 Å². The number of rotatable bonds is 2. The van der Waals surface area contributed by atoms with Crippen molar-refractivity contribution in [2.24, 2.45) is 11.3 Å². The normalized spacial score (nSPS) is 32.4. The first kappa shape index (κ1) is 27.4. The van der Waals surface area contributed by atoms with Crippen LogP contribution in [0.5, 0.6) is 0 Å². The second-order valence-electron chi connectivity index (χ2n) is 9.54. The summed E-state index contributed by atoms with van der Waals surface area (Å²) >= 11 is 1.55. The summed E-state index contributed by atoms with van der Waals surface area (Å²) in [5, 5.41) is 27.6. The zero-order chi connectivity index (χ0) is 24.8. The Kier molecular flexibility index (Phi) is 9.97. The van der Waals surface area contributed by atoms with Crippen molar-refractivity contribution in [1.29, 1.82) is 0 Å². The molecule has 1 unspecified atom stereocenters. The molecule has 0 amide bonds. The number of aromatic nitrogens is 1. The third-order valence-corrected chi connectivity index (χ3v) is 7.14. The van der Waals surface area contributed by atoms with Crippen LogP contribution >= 0.6 is 11.3 Å². The van der Waals surface area contributed by atoms with Gasteiger partial charge in [0.1, 0.15) is 11.9 Å². The quantitative estimate of drug-likeness (QED) is 0.441. The molecule has 1 aromatic rings. The maximum absolute atomic E-state index is 13.1. The van der Waals surface area contributed by atoms with Gasteiger partial charge in [0, 0.05) is 23.8 Å². The summed E-state index contributed by atoms with van der Waals surface area (Å²) in [5.41, 5.74) is 0.718. The monoisotopic (exact) mass is 478 g/mol. The molecule has 2 rings (SSSR count). The number of carbonyl (C=O) groups is 2. The third kappa shape index (κ3) is 7.84. The number of Topliss-reactive ketones (excluding diaryl/α,β-unsaturated/α-hetero) is 1. The second-order valence-corrected chi connectivity index (χ2v) is 10.6. The molecule has 0 aromatic carbocycles. The molecule has 8 heteroatoms. The van der Waals surface area contributed by atoms with Gasteiger partial charge in [0.05, 0.1) is 34.7 Å². The summed E-state index contributed by atoms with van der Waals surface area (Å²) in [5.74, 6) is -1.56. The molecule has 1 aliphatic heterocycles. The number of carbonyl (C=O) groups excluding carboxylic acids is 2. The number of hydrogen-bond donors (Lipinski definition) is 3. The lowest BCUT2D eigenvalue weighted by molar-refractivity contribution is -0.153. The van der Waals surface area contributed by atoms with Crippen molar-refractivity contribution in [3.63, 3.8) is 0 Å². The van der Waals surface area contributed by atoms with E-state index in [0.29, 0.717) is 13.0 Å². The highest BCUT2D eigenvalue weighted by molar-refractivity contribution is 7.09. The molecule has 184 valence electrons. The number of nitrogens with one attached hydrogen (secondary N) is 1. The number of aliphatic hydroxyl groups excluding tert-OH is 2. The van der Waals surface area contributed by atoms with Crippen molar-refractivity contribution in [2.45, 2.75) is 85.2 Å². The van der Waals surface area contributed by atoms with E-state index in [-0.39, 0.29) is 18.2 Å². The molecule has 5 atom stereocenters. The number of ketones is 1. The Morgan fingerprint density at radius 1 is 1.24 bits per heavy atom. The van der Waals surface area contributed by atoms with E-state index in [2.05, 4.69) is 10.3 Å². The molecular weight excluding hydrogens is 440 g/mol. The van der Waals surface area contributed by atoms with Gasteiger partial charge in [-0.05, 0) is 45.9 Å². The Balaban J connectivity index is 2.27. The summed E-state index contributed by atoms with van der Waals surface area (Å²) in [6.07, 6.45) is 3.97. The van der Waals surface area contributed by atoms with E-state index in [1.54, 1.807) is 38.2 Å². The minimum atomic E-state index is -1.23. The van der Waals surface area contributed by atoms with Gasteiger partial charge in [-0.15, -0.1) is 11.3 Å². The third-order valence-electron chi connectivity index (χ3n) is 6.35. The topological polar surface area (TPSA) is 109 Å². The van der Waals surface area contributed by atoms with Gasteiger partial charge >= 0.3 is 5.97 Å². The molecule has 0 aliphatic carbocycles. The number of aliphatic hydroxyl groups is 2. The van der Waals surface area contributed by atoms with Crippen LogP contribution in [0.4, 0.5) is 0 Å². The van der Waals surface area contributed by atoms with E-state index in [4.69, 9.17) is 4.74 Å². The fraction of sp³-hybridized carbons (Fsp3) is 0.640. The largest absolute Gasteiger partial charge is 0.458 e. The molecule has 2 heterocycles. The number of aryl methyl sites for hydroxylation is 1. The number of cyclic esters (lactones) is 1. The maximum atomic E-state index is 13.1. The predicted molar refractivity (Wildman–Crippen MR) is 131 cm³/mol.